The Labute approximate surface area is 155 Å². The van der Waals surface area contributed by atoms with E-state index in [9.17, 15) is 4.79 Å². The number of hydrogen-bond acceptors (Lipinski definition) is 4. The molecule has 0 aliphatic heterocycles. The van der Waals surface area contributed by atoms with Crippen LogP contribution in [-0.2, 0) is 9.53 Å². The Hall–Kier alpha value is -2.75. The molecule has 0 aliphatic carbocycles. The second-order valence-electron chi connectivity index (χ2n) is 5.78. The number of esters is 1. The van der Waals surface area contributed by atoms with Crippen molar-refractivity contribution in [2.45, 2.75) is 26.7 Å². The second kappa shape index (κ2) is 10.3. The van der Waals surface area contributed by atoms with Gasteiger partial charge >= 0.3 is 5.97 Å². The molecule has 0 amide bonds. The predicted octanol–water partition coefficient (Wildman–Crippen LogP) is 5.12. The van der Waals surface area contributed by atoms with Crippen molar-refractivity contribution >= 4 is 12.0 Å². The standard InChI is InChI=1S/C22H26O4/c1-4-6-14-26-20-12-11-19(16-21(20)24-3)18-9-7-8-17(15-18)10-13-22(23)25-5-2/h7-13,15-16H,4-6,14H2,1-3H3/b13-10-. The van der Waals surface area contributed by atoms with Crippen LogP contribution in [0.15, 0.2) is 48.5 Å². The quantitative estimate of drug-likeness (QED) is 0.356. The maximum Gasteiger partial charge on any atom is 0.330 e. The Bertz CT molecular complexity index is 750. The molecule has 0 spiro atoms. The van der Waals surface area contributed by atoms with Gasteiger partial charge in [-0.25, -0.2) is 4.79 Å². The maximum absolute atomic E-state index is 11.5. The molecule has 0 aromatic heterocycles. The summed E-state index contributed by atoms with van der Waals surface area (Å²) in [6, 6.07) is 13.9. The molecule has 0 saturated carbocycles. The van der Waals surface area contributed by atoms with Crippen molar-refractivity contribution in [3.05, 3.63) is 54.1 Å². The van der Waals surface area contributed by atoms with E-state index < -0.39 is 0 Å². The van der Waals surface area contributed by atoms with Gasteiger partial charge in [0, 0.05) is 6.08 Å². The Morgan fingerprint density at radius 1 is 1.04 bits per heavy atom. The van der Waals surface area contributed by atoms with E-state index in [0.717, 1.165) is 35.3 Å². The number of methoxy groups -OCH3 is 1. The van der Waals surface area contributed by atoms with Gasteiger partial charge in [0.15, 0.2) is 11.5 Å². The number of unbranched alkanes of at least 4 members (excludes halogenated alkanes) is 1. The zero-order valence-corrected chi connectivity index (χ0v) is 15.7. The lowest BCUT2D eigenvalue weighted by atomic mass is 10.0. The van der Waals surface area contributed by atoms with Crippen LogP contribution in [0.5, 0.6) is 11.5 Å². The smallest absolute Gasteiger partial charge is 0.330 e. The fraction of sp³-hybridized carbons (Fsp3) is 0.318. The van der Waals surface area contributed by atoms with Gasteiger partial charge in [0.05, 0.1) is 20.3 Å². The molecule has 138 valence electrons. The van der Waals surface area contributed by atoms with Gasteiger partial charge in [-0.15, -0.1) is 0 Å². The fourth-order valence-corrected chi connectivity index (χ4v) is 2.47. The predicted molar refractivity (Wildman–Crippen MR) is 105 cm³/mol. The molecule has 0 saturated heterocycles. The van der Waals surface area contributed by atoms with E-state index in [-0.39, 0.29) is 5.97 Å². The molecule has 0 atom stereocenters. The number of rotatable bonds is 9. The van der Waals surface area contributed by atoms with Gasteiger partial charge in [-0.3, -0.25) is 0 Å². The number of carbonyl (C=O) groups excluding carboxylic acids is 1. The minimum atomic E-state index is -0.340. The van der Waals surface area contributed by atoms with Gasteiger partial charge in [-0.2, -0.15) is 0 Å². The van der Waals surface area contributed by atoms with Gasteiger partial charge in [0.25, 0.3) is 0 Å². The van der Waals surface area contributed by atoms with Crippen molar-refractivity contribution in [2.75, 3.05) is 20.3 Å². The summed E-state index contributed by atoms with van der Waals surface area (Å²) in [6.07, 6.45) is 5.29. The van der Waals surface area contributed by atoms with Gasteiger partial charge in [0.2, 0.25) is 0 Å². The van der Waals surface area contributed by atoms with Gasteiger partial charge in [-0.1, -0.05) is 37.6 Å². The lowest BCUT2D eigenvalue weighted by molar-refractivity contribution is -0.137. The summed E-state index contributed by atoms with van der Waals surface area (Å²) in [6.45, 7) is 4.97. The third kappa shape index (κ3) is 5.66. The summed E-state index contributed by atoms with van der Waals surface area (Å²) in [4.78, 5) is 11.5. The van der Waals surface area contributed by atoms with Crippen molar-refractivity contribution in [1.29, 1.82) is 0 Å². The van der Waals surface area contributed by atoms with E-state index in [0.29, 0.717) is 19.0 Å². The SMILES string of the molecule is CCCCOc1ccc(-c2cccc(/C=C\C(=O)OCC)c2)cc1OC. The minimum Gasteiger partial charge on any atom is -0.493 e. The van der Waals surface area contributed by atoms with Crippen LogP contribution in [-0.4, -0.2) is 26.3 Å². The normalized spacial score (nSPS) is 10.7. The van der Waals surface area contributed by atoms with Gasteiger partial charge in [0.1, 0.15) is 0 Å². The molecule has 4 heteroatoms. The molecule has 0 heterocycles. The van der Waals surface area contributed by atoms with Crippen molar-refractivity contribution < 1.29 is 19.0 Å². The summed E-state index contributed by atoms with van der Waals surface area (Å²) < 4.78 is 16.2. The summed E-state index contributed by atoms with van der Waals surface area (Å²) in [5.74, 6) is 1.13. The number of hydrogen-bond donors (Lipinski definition) is 0. The van der Waals surface area contributed by atoms with Crippen LogP contribution < -0.4 is 9.47 Å². The summed E-state index contributed by atoms with van der Waals surface area (Å²) in [7, 11) is 1.64. The largest absolute Gasteiger partial charge is 0.493 e. The molecular formula is C22H26O4. The third-order valence-corrected chi connectivity index (χ3v) is 3.84. The van der Waals surface area contributed by atoms with E-state index in [1.165, 1.54) is 6.08 Å². The first-order valence-corrected chi connectivity index (χ1v) is 8.94. The molecule has 0 aliphatic rings. The van der Waals surface area contributed by atoms with Crippen LogP contribution >= 0.6 is 0 Å². The highest BCUT2D eigenvalue weighted by Gasteiger charge is 2.07. The third-order valence-electron chi connectivity index (χ3n) is 3.84. The van der Waals surface area contributed by atoms with Crippen LogP contribution in [0, 0.1) is 0 Å². The number of carbonyl (C=O) groups is 1. The van der Waals surface area contributed by atoms with Crippen LogP contribution in [0.1, 0.15) is 32.3 Å². The molecule has 0 bridgehead atoms. The average molecular weight is 354 g/mol. The van der Waals surface area contributed by atoms with Crippen LogP contribution in [0.2, 0.25) is 0 Å². The summed E-state index contributed by atoms with van der Waals surface area (Å²) in [5.41, 5.74) is 2.99. The molecule has 0 fully saturated rings. The number of ether oxygens (including phenoxy) is 3. The zero-order chi connectivity index (χ0) is 18.8. The van der Waals surface area contributed by atoms with Crippen LogP contribution in [0.25, 0.3) is 17.2 Å². The zero-order valence-electron chi connectivity index (χ0n) is 15.7. The molecule has 26 heavy (non-hydrogen) atoms. The first-order valence-electron chi connectivity index (χ1n) is 8.94. The van der Waals surface area contributed by atoms with E-state index in [2.05, 4.69) is 6.92 Å². The molecule has 4 nitrogen and oxygen atoms in total. The summed E-state index contributed by atoms with van der Waals surface area (Å²) >= 11 is 0. The van der Waals surface area contributed by atoms with E-state index in [1.54, 1.807) is 20.1 Å². The molecule has 2 aromatic carbocycles. The molecule has 0 N–H and O–H groups in total. The minimum absolute atomic E-state index is 0.340. The van der Waals surface area contributed by atoms with Crippen molar-refractivity contribution in [3.8, 4) is 22.6 Å². The highest BCUT2D eigenvalue weighted by molar-refractivity contribution is 5.87. The second-order valence-corrected chi connectivity index (χ2v) is 5.78. The molecular weight excluding hydrogens is 328 g/mol. The first-order chi connectivity index (χ1) is 12.7. The Morgan fingerprint density at radius 3 is 2.58 bits per heavy atom. The Balaban J connectivity index is 2.20. The van der Waals surface area contributed by atoms with Gasteiger partial charge in [-0.05, 0) is 54.3 Å². The lowest BCUT2D eigenvalue weighted by Crippen LogP contribution is -1.99. The molecule has 0 unspecified atom stereocenters. The van der Waals surface area contributed by atoms with Crippen molar-refractivity contribution in [1.82, 2.24) is 0 Å². The fourth-order valence-electron chi connectivity index (χ4n) is 2.47. The monoisotopic (exact) mass is 354 g/mol. The van der Waals surface area contributed by atoms with Crippen LogP contribution in [0.4, 0.5) is 0 Å². The number of benzene rings is 2. The highest BCUT2D eigenvalue weighted by atomic mass is 16.5. The first kappa shape index (κ1) is 19.6. The average Bonchev–Trinajstić information content (AvgIpc) is 2.67. The highest BCUT2D eigenvalue weighted by Crippen LogP contribution is 2.33. The van der Waals surface area contributed by atoms with E-state index >= 15 is 0 Å². The topological polar surface area (TPSA) is 44.8 Å². The Kier molecular flexibility index (Phi) is 7.75. The van der Waals surface area contributed by atoms with Crippen molar-refractivity contribution in [3.63, 3.8) is 0 Å². The lowest BCUT2D eigenvalue weighted by Gasteiger charge is -2.12. The van der Waals surface area contributed by atoms with Crippen LogP contribution in [0.3, 0.4) is 0 Å². The molecule has 0 radical (unpaired) electrons. The molecule has 2 aromatic rings. The molecule has 2 rings (SSSR count). The van der Waals surface area contributed by atoms with E-state index in [1.807, 2.05) is 42.5 Å². The van der Waals surface area contributed by atoms with Gasteiger partial charge < -0.3 is 14.2 Å². The Morgan fingerprint density at radius 2 is 1.85 bits per heavy atom. The summed E-state index contributed by atoms with van der Waals surface area (Å²) in [5, 5.41) is 0. The van der Waals surface area contributed by atoms with Crippen molar-refractivity contribution in [2.24, 2.45) is 0 Å². The maximum atomic E-state index is 11.5. The van der Waals surface area contributed by atoms with E-state index in [4.69, 9.17) is 14.2 Å².